The molecule has 40 heavy (non-hydrogen) atoms. The molecule has 2 atom stereocenters. The lowest BCUT2D eigenvalue weighted by atomic mass is 9.98. The first-order chi connectivity index (χ1) is 18.6. The lowest BCUT2D eigenvalue weighted by Gasteiger charge is -2.48. The number of β-lactam (4-membered cyclic amide) rings is 1. The van der Waals surface area contributed by atoms with E-state index in [-0.39, 0.29) is 16.4 Å². The van der Waals surface area contributed by atoms with Crippen LogP contribution in [0.5, 0.6) is 0 Å². The van der Waals surface area contributed by atoms with Gasteiger partial charge in [-0.25, -0.2) is 14.6 Å². The number of hydrogen-bond donors (Lipinski definition) is 2. The van der Waals surface area contributed by atoms with Crippen LogP contribution in [0.3, 0.4) is 0 Å². The Hall–Kier alpha value is -3.39. The first-order valence-corrected chi connectivity index (χ1v) is 14.5. The molecule has 1 aromatic rings. The summed E-state index contributed by atoms with van der Waals surface area (Å²) in [6.07, 6.45) is 3.10. The Labute approximate surface area is 240 Å². The van der Waals surface area contributed by atoms with Crippen molar-refractivity contribution in [3.05, 3.63) is 28.9 Å². The molecule has 0 bridgehead atoms. The van der Waals surface area contributed by atoms with Crippen molar-refractivity contribution >= 4 is 63.6 Å². The Morgan fingerprint density at radius 1 is 1.15 bits per heavy atom. The number of carbonyl (C=O) groups excluding carboxylic acids is 5. The average molecular weight is 595 g/mol. The molecule has 14 heteroatoms. The first kappa shape index (κ1) is 31.1. The number of ether oxygens (including phenoxy) is 3. The predicted octanol–water partition coefficient (Wildman–Crippen LogP) is 3.66. The Kier molecular flexibility index (Phi) is 9.67. The second-order valence-corrected chi connectivity index (χ2v) is 12.9. The van der Waals surface area contributed by atoms with Gasteiger partial charge in [0.2, 0.25) is 6.79 Å². The standard InChI is InChI=1S/C26H34N4O8S2/c1-8-9-14(15-12-40-23(27-15)29-24(35)38-26(5,6)7)18(31)28-17-19(32)30-16(10-11-39-20(17)30)21(33)36-13-37-22(34)25(2,3)4/h9-10,12,17,20H,8,11,13H2,1-7H3,(H,28,31)(H,27,29,35)/b14-9-/t17-,20-/m1/s1. The number of thioether (sulfide) groups is 1. The molecular weight excluding hydrogens is 560 g/mol. The molecule has 1 aromatic heterocycles. The highest BCUT2D eigenvalue weighted by Gasteiger charge is 2.53. The van der Waals surface area contributed by atoms with E-state index in [9.17, 15) is 24.0 Å². The van der Waals surface area contributed by atoms with E-state index < -0.39 is 59.1 Å². The highest BCUT2D eigenvalue weighted by Crippen LogP contribution is 2.38. The Balaban J connectivity index is 1.61. The maximum Gasteiger partial charge on any atom is 0.413 e. The summed E-state index contributed by atoms with van der Waals surface area (Å²) in [7, 11) is 0. The Morgan fingerprint density at radius 2 is 1.85 bits per heavy atom. The summed E-state index contributed by atoms with van der Waals surface area (Å²) in [6, 6.07) is -0.869. The van der Waals surface area contributed by atoms with Crippen molar-refractivity contribution in [3.63, 3.8) is 0 Å². The maximum absolute atomic E-state index is 13.2. The van der Waals surface area contributed by atoms with Crippen molar-refractivity contribution in [1.29, 1.82) is 0 Å². The number of hydrogen-bond acceptors (Lipinski definition) is 11. The van der Waals surface area contributed by atoms with Crippen LogP contribution in [0.1, 0.15) is 60.6 Å². The molecule has 3 heterocycles. The highest BCUT2D eigenvalue weighted by atomic mass is 32.2. The summed E-state index contributed by atoms with van der Waals surface area (Å²) < 4.78 is 15.3. The molecule has 2 aliphatic rings. The van der Waals surface area contributed by atoms with Crippen molar-refractivity contribution in [2.45, 2.75) is 71.9 Å². The number of anilines is 1. The number of rotatable bonds is 8. The smallest absolute Gasteiger partial charge is 0.413 e. The van der Waals surface area contributed by atoms with Gasteiger partial charge in [0.05, 0.1) is 16.7 Å². The molecule has 2 N–H and O–H groups in total. The fourth-order valence-corrected chi connectivity index (χ4v) is 5.43. The number of aromatic nitrogens is 1. The molecule has 1 saturated heterocycles. The molecule has 1 fully saturated rings. The molecule has 0 spiro atoms. The van der Waals surface area contributed by atoms with Crippen LogP contribution in [-0.2, 0) is 33.4 Å². The number of thiazole rings is 1. The van der Waals surface area contributed by atoms with Crippen molar-refractivity contribution in [2.24, 2.45) is 5.41 Å². The molecule has 3 rings (SSSR count). The molecule has 12 nitrogen and oxygen atoms in total. The third-order valence-electron chi connectivity index (χ3n) is 5.38. The van der Waals surface area contributed by atoms with E-state index in [1.807, 2.05) is 6.92 Å². The summed E-state index contributed by atoms with van der Waals surface area (Å²) in [5, 5.41) is 6.67. The third kappa shape index (κ3) is 7.62. The van der Waals surface area contributed by atoms with Crippen LogP contribution in [0, 0.1) is 5.41 Å². The third-order valence-corrected chi connectivity index (χ3v) is 7.32. The zero-order valence-corrected chi connectivity index (χ0v) is 25.1. The van der Waals surface area contributed by atoms with E-state index in [1.54, 1.807) is 59.1 Å². The SMILES string of the molecule is CC/C=C(\C(=O)N[C@@H]1C(=O)N2C(C(=O)OCOC(=O)C(C)(C)C)=CCS[C@H]12)c1csc(NC(=O)OC(C)(C)C)n1. The van der Waals surface area contributed by atoms with Gasteiger partial charge in [-0.1, -0.05) is 13.0 Å². The summed E-state index contributed by atoms with van der Waals surface area (Å²) in [5.74, 6) is -1.90. The monoisotopic (exact) mass is 594 g/mol. The van der Waals surface area contributed by atoms with Crippen LogP contribution < -0.4 is 10.6 Å². The molecule has 218 valence electrons. The van der Waals surface area contributed by atoms with Gasteiger partial charge in [0.1, 0.15) is 22.7 Å². The van der Waals surface area contributed by atoms with Crippen LogP contribution >= 0.6 is 23.1 Å². The van der Waals surface area contributed by atoms with Crippen LogP contribution in [-0.4, -0.2) is 69.3 Å². The fraction of sp³-hybridized carbons (Fsp3) is 0.538. The van der Waals surface area contributed by atoms with Gasteiger partial charge in [-0.15, -0.1) is 23.1 Å². The van der Waals surface area contributed by atoms with Gasteiger partial charge in [-0.2, -0.15) is 0 Å². The quantitative estimate of drug-likeness (QED) is 0.197. The van der Waals surface area contributed by atoms with Gasteiger partial charge in [0, 0.05) is 11.1 Å². The van der Waals surface area contributed by atoms with E-state index >= 15 is 0 Å². The van der Waals surface area contributed by atoms with E-state index in [0.29, 0.717) is 17.9 Å². The molecule has 0 saturated carbocycles. The molecule has 3 amide bonds. The number of allylic oxidation sites excluding steroid dienone is 1. The maximum atomic E-state index is 13.2. The van der Waals surface area contributed by atoms with Crippen LogP contribution in [0.4, 0.5) is 9.93 Å². The lowest BCUT2D eigenvalue weighted by Crippen LogP contribution is -2.70. The molecule has 2 aliphatic heterocycles. The Bertz CT molecular complexity index is 1240. The van der Waals surface area contributed by atoms with E-state index in [2.05, 4.69) is 15.6 Å². The predicted molar refractivity (Wildman–Crippen MR) is 150 cm³/mol. The zero-order valence-electron chi connectivity index (χ0n) is 23.5. The molecule has 0 aromatic carbocycles. The summed E-state index contributed by atoms with van der Waals surface area (Å²) in [4.78, 5) is 68.3. The van der Waals surface area contributed by atoms with Crippen molar-refractivity contribution < 1.29 is 38.2 Å². The first-order valence-electron chi connectivity index (χ1n) is 12.6. The summed E-state index contributed by atoms with van der Waals surface area (Å²) >= 11 is 2.52. The largest absolute Gasteiger partial charge is 0.444 e. The summed E-state index contributed by atoms with van der Waals surface area (Å²) in [5.41, 5.74) is -0.810. The summed E-state index contributed by atoms with van der Waals surface area (Å²) in [6.45, 7) is 11.5. The molecule has 0 unspecified atom stereocenters. The zero-order chi connectivity index (χ0) is 29.8. The second kappa shape index (κ2) is 12.4. The molecule has 0 radical (unpaired) electrons. The number of nitrogens with one attached hydrogen (secondary N) is 2. The number of nitrogens with zero attached hydrogens (tertiary/aromatic N) is 2. The molecular formula is C26H34N4O8S2. The fourth-order valence-electron chi connectivity index (χ4n) is 3.54. The van der Waals surface area contributed by atoms with E-state index in [0.717, 1.165) is 11.3 Å². The number of amides is 3. The van der Waals surface area contributed by atoms with E-state index in [1.165, 1.54) is 16.7 Å². The van der Waals surface area contributed by atoms with Crippen LogP contribution in [0.15, 0.2) is 23.2 Å². The number of carbonyl (C=O) groups is 5. The lowest BCUT2D eigenvalue weighted by molar-refractivity contribution is -0.173. The highest BCUT2D eigenvalue weighted by molar-refractivity contribution is 8.00. The van der Waals surface area contributed by atoms with Gasteiger partial charge in [0.15, 0.2) is 5.13 Å². The normalized spacial score (nSPS) is 19.1. The van der Waals surface area contributed by atoms with Crippen LogP contribution in [0.2, 0.25) is 0 Å². The topological polar surface area (TPSA) is 153 Å². The minimum absolute atomic E-state index is 0.0349. The molecule has 0 aliphatic carbocycles. The van der Waals surface area contributed by atoms with Gasteiger partial charge in [0.25, 0.3) is 11.8 Å². The number of esters is 2. The van der Waals surface area contributed by atoms with Crippen molar-refractivity contribution in [1.82, 2.24) is 15.2 Å². The van der Waals surface area contributed by atoms with Crippen molar-refractivity contribution in [3.8, 4) is 0 Å². The van der Waals surface area contributed by atoms with Gasteiger partial charge in [-0.05, 0) is 54.0 Å². The van der Waals surface area contributed by atoms with Crippen molar-refractivity contribution in [2.75, 3.05) is 17.9 Å². The number of fused-ring (bicyclic) bond motifs is 1. The van der Waals surface area contributed by atoms with E-state index in [4.69, 9.17) is 14.2 Å². The average Bonchev–Trinajstić information content (AvgIpc) is 3.30. The second-order valence-electron chi connectivity index (χ2n) is 10.9. The minimum Gasteiger partial charge on any atom is -0.444 e. The minimum atomic E-state index is -0.869. The van der Waals surface area contributed by atoms with Gasteiger partial charge >= 0.3 is 18.0 Å². The van der Waals surface area contributed by atoms with Gasteiger partial charge < -0.3 is 19.5 Å². The van der Waals surface area contributed by atoms with Crippen LogP contribution in [0.25, 0.3) is 5.57 Å². The Morgan fingerprint density at radius 3 is 2.48 bits per heavy atom. The van der Waals surface area contributed by atoms with Gasteiger partial charge in [-0.3, -0.25) is 24.6 Å².